The Labute approximate surface area is 211 Å². The number of carbonyl (C=O) groups excluding carboxylic acids is 3. The summed E-state index contributed by atoms with van der Waals surface area (Å²) < 4.78 is 5.42. The van der Waals surface area contributed by atoms with Gasteiger partial charge in [0.1, 0.15) is 17.5 Å². The van der Waals surface area contributed by atoms with Crippen LogP contribution < -0.4 is 15.0 Å². The van der Waals surface area contributed by atoms with Gasteiger partial charge < -0.3 is 10.1 Å². The Hall–Kier alpha value is -4.00. The molecule has 0 unspecified atom stereocenters. The lowest BCUT2D eigenvalue weighted by molar-refractivity contribution is -0.123. The lowest BCUT2D eigenvalue weighted by atomic mass is 9.94. The molecule has 1 fully saturated rings. The van der Waals surface area contributed by atoms with Crippen LogP contribution in [0.5, 0.6) is 5.75 Å². The largest absolute Gasteiger partial charge is 0.497 e. The van der Waals surface area contributed by atoms with Crippen molar-refractivity contribution in [1.29, 1.82) is 0 Å². The van der Waals surface area contributed by atoms with Crippen LogP contribution in [0.25, 0.3) is 0 Å². The van der Waals surface area contributed by atoms with Gasteiger partial charge in [0, 0.05) is 23.5 Å². The maximum Gasteiger partial charge on any atom is 0.277 e. The summed E-state index contributed by atoms with van der Waals surface area (Å²) in [5.41, 5.74) is 1.84. The number of Topliss-reactive ketones (excluding diaryl/α,β-unsaturated/α-hetero) is 1. The highest BCUT2D eigenvalue weighted by atomic mass is 16.5. The zero-order valence-corrected chi connectivity index (χ0v) is 20.6. The third kappa shape index (κ3) is 5.79. The van der Waals surface area contributed by atoms with Gasteiger partial charge in [-0.15, -0.1) is 0 Å². The number of rotatable bonds is 8. The number of nitrogens with one attached hydrogen (secondary N) is 1. The number of anilines is 1. The molecule has 186 valence electrons. The molecule has 0 bridgehead atoms. The first-order valence-corrected chi connectivity index (χ1v) is 12.3. The van der Waals surface area contributed by atoms with Crippen molar-refractivity contribution in [3.05, 3.63) is 89.7 Å². The summed E-state index contributed by atoms with van der Waals surface area (Å²) in [5.74, 6) is -0.184. The van der Waals surface area contributed by atoms with E-state index in [-0.39, 0.29) is 23.4 Å². The molecule has 0 saturated heterocycles. The number of ether oxygens (including phenoxy) is 1. The molecule has 1 aromatic heterocycles. The summed E-state index contributed by atoms with van der Waals surface area (Å²) in [4.78, 5) is 45.4. The van der Waals surface area contributed by atoms with Gasteiger partial charge in [-0.2, -0.15) is 0 Å². The number of nitrogens with zero attached hydrogens (tertiary/aromatic N) is 2. The van der Waals surface area contributed by atoms with Gasteiger partial charge >= 0.3 is 0 Å². The van der Waals surface area contributed by atoms with Crippen LogP contribution in [-0.4, -0.2) is 35.7 Å². The molecule has 1 N–H and O–H groups in total. The number of methoxy groups -OCH3 is 1. The Bertz CT molecular complexity index is 1200. The lowest BCUT2D eigenvalue weighted by Crippen LogP contribution is -2.47. The van der Waals surface area contributed by atoms with E-state index >= 15 is 0 Å². The van der Waals surface area contributed by atoms with Crippen LogP contribution in [0, 0.1) is 0 Å². The molecule has 1 atom stereocenters. The van der Waals surface area contributed by atoms with Crippen molar-refractivity contribution in [2.75, 3.05) is 12.0 Å². The van der Waals surface area contributed by atoms with Crippen molar-refractivity contribution in [2.24, 2.45) is 0 Å². The lowest BCUT2D eigenvalue weighted by Gasteiger charge is -2.33. The van der Waals surface area contributed by atoms with Crippen LogP contribution in [-0.2, 0) is 4.79 Å². The Balaban J connectivity index is 1.82. The normalized spacial score (nSPS) is 14.5. The van der Waals surface area contributed by atoms with Crippen LogP contribution in [0.3, 0.4) is 0 Å². The first kappa shape index (κ1) is 25.1. The molecule has 36 heavy (non-hydrogen) atoms. The van der Waals surface area contributed by atoms with Crippen LogP contribution in [0.1, 0.15) is 71.5 Å². The van der Waals surface area contributed by atoms with Gasteiger partial charge in [0.2, 0.25) is 5.91 Å². The molecule has 7 heteroatoms. The quantitative estimate of drug-likeness (QED) is 0.447. The minimum atomic E-state index is -0.972. The predicted molar refractivity (Wildman–Crippen MR) is 138 cm³/mol. The van der Waals surface area contributed by atoms with Crippen LogP contribution >= 0.6 is 0 Å². The molecule has 1 aliphatic carbocycles. The number of ketones is 1. The molecule has 0 aliphatic heterocycles. The standard InChI is InChI=1S/C29H31N3O4/c1-20(33)21-14-16-24(17-15-21)32(29(35)26-13-6-7-18-30-26)27(22-9-8-12-25(19-22)36-2)28(34)31-23-10-4-3-5-11-23/h6-9,12-19,23,27H,3-5,10-11H2,1-2H3,(H,31,34)/t27-/m0/s1. The summed E-state index contributed by atoms with van der Waals surface area (Å²) in [6.07, 6.45) is 6.68. The average Bonchev–Trinajstić information content (AvgIpc) is 2.92. The van der Waals surface area contributed by atoms with Gasteiger partial charge in [-0.25, -0.2) is 0 Å². The van der Waals surface area contributed by atoms with E-state index in [0.717, 1.165) is 25.7 Å². The summed E-state index contributed by atoms with van der Waals surface area (Å²) in [6, 6.07) is 18.1. The van der Waals surface area contributed by atoms with E-state index in [2.05, 4.69) is 10.3 Å². The number of aromatic nitrogens is 1. The molecule has 1 aliphatic rings. The molecule has 1 heterocycles. The van der Waals surface area contributed by atoms with Crippen LogP contribution in [0.2, 0.25) is 0 Å². The Morgan fingerprint density at radius 1 is 0.972 bits per heavy atom. The van der Waals surface area contributed by atoms with Crippen molar-refractivity contribution < 1.29 is 19.1 Å². The Kier molecular flexibility index (Phi) is 8.10. The maximum absolute atomic E-state index is 13.9. The second-order valence-corrected chi connectivity index (χ2v) is 9.02. The zero-order chi connectivity index (χ0) is 25.5. The fourth-order valence-corrected chi connectivity index (χ4v) is 4.61. The molecule has 0 spiro atoms. The highest BCUT2D eigenvalue weighted by Crippen LogP contribution is 2.32. The third-order valence-electron chi connectivity index (χ3n) is 6.52. The average molecular weight is 486 g/mol. The number of hydrogen-bond donors (Lipinski definition) is 1. The number of amides is 2. The number of hydrogen-bond acceptors (Lipinski definition) is 5. The summed E-state index contributed by atoms with van der Waals surface area (Å²) in [5, 5.41) is 3.19. The van der Waals surface area contributed by atoms with E-state index in [1.165, 1.54) is 18.2 Å². The molecule has 1 saturated carbocycles. The van der Waals surface area contributed by atoms with Crippen molar-refractivity contribution in [2.45, 2.75) is 51.1 Å². The second-order valence-electron chi connectivity index (χ2n) is 9.02. The topological polar surface area (TPSA) is 88.6 Å². The number of benzene rings is 2. The van der Waals surface area contributed by atoms with Crippen molar-refractivity contribution in [3.63, 3.8) is 0 Å². The summed E-state index contributed by atoms with van der Waals surface area (Å²) >= 11 is 0. The van der Waals surface area contributed by atoms with Crippen molar-refractivity contribution >= 4 is 23.3 Å². The molecule has 2 amide bonds. The predicted octanol–water partition coefficient (Wildman–Crippen LogP) is 5.13. The molecule has 7 nitrogen and oxygen atoms in total. The van der Waals surface area contributed by atoms with Crippen molar-refractivity contribution in [1.82, 2.24) is 10.3 Å². The Morgan fingerprint density at radius 2 is 1.72 bits per heavy atom. The first-order valence-electron chi connectivity index (χ1n) is 12.3. The molecule has 0 radical (unpaired) electrons. The van der Waals surface area contributed by atoms with Gasteiger partial charge in [-0.1, -0.05) is 37.5 Å². The van der Waals surface area contributed by atoms with E-state index in [4.69, 9.17) is 4.74 Å². The van der Waals surface area contributed by atoms with E-state index in [1.807, 2.05) is 6.07 Å². The molecule has 2 aromatic carbocycles. The zero-order valence-electron chi connectivity index (χ0n) is 20.6. The fraction of sp³-hybridized carbons (Fsp3) is 0.310. The van der Waals surface area contributed by atoms with E-state index in [9.17, 15) is 14.4 Å². The summed E-state index contributed by atoms with van der Waals surface area (Å²) in [7, 11) is 1.56. The number of carbonyl (C=O) groups is 3. The van der Waals surface area contributed by atoms with E-state index in [1.54, 1.807) is 74.0 Å². The fourth-order valence-electron chi connectivity index (χ4n) is 4.61. The van der Waals surface area contributed by atoms with Crippen LogP contribution in [0.15, 0.2) is 72.9 Å². The highest BCUT2D eigenvalue weighted by molar-refractivity contribution is 6.09. The van der Waals surface area contributed by atoms with Crippen molar-refractivity contribution in [3.8, 4) is 5.75 Å². The molecule has 3 aromatic rings. The van der Waals surface area contributed by atoms with Gasteiger partial charge in [0.15, 0.2) is 5.78 Å². The molecular formula is C29H31N3O4. The van der Waals surface area contributed by atoms with Gasteiger partial charge in [-0.3, -0.25) is 24.3 Å². The van der Waals surface area contributed by atoms with Crippen LogP contribution in [0.4, 0.5) is 5.69 Å². The third-order valence-corrected chi connectivity index (χ3v) is 6.52. The molecule has 4 rings (SSSR count). The monoisotopic (exact) mass is 485 g/mol. The minimum Gasteiger partial charge on any atom is -0.497 e. The summed E-state index contributed by atoms with van der Waals surface area (Å²) in [6.45, 7) is 1.49. The van der Waals surface area contributed by atoms with Gasteiger partial charge in [0.05, 0.1) is 7.11 Å². The Morgan fingerprint density at radius 3 is 2.36 bits per heavy atom. The van der Waals surface area contributed by atoms with Gasteiger partial charge in [0.25, 0.3) is 5.91 Å². The van der Waals surface area contributed by atoms with E-state index < -0.39 is 11.9 Å². The minimum absolute atomic E-state index is 0.0613. The SMILES string of the molecule is COc1cccc([C@@H](C(=O)NC2CCCCC2)N(C(=O)c2ccccn2)c2ccc(C(C)=O)cc2)c1. The first-order chi connectivity index (χ1) is 17.5. The highest BCUT2D eigenvalue weighted by Gasteiger charge is 2.35. The molecular weight excluding hydrogens is 454 g/mol. The smallest absolute Gasteiger partial charge is 0.277 e. The second kappa shape index (κ2) is 11.6. The van der Waals surface area contributed by atoms with E-state index in [0.29, 0.717) is 22.6 Å². The maximum atomic E-state index is 13.9. The number of pyridine rings is 1. The van der Waals surface area contributed by atoms with Gasteiger partial charge in [-0.05, 0) is 73.9 Å².